The summed E-state index contributed by atoms with van der Waals surface area (Å²) in [6.07, 6.45) is 0. The number of ether oxygens (including phenoxy) is 3. The van der Waals surface area contributed by atoms with E-state index in [2.05, 4.69) is 21.1 Å². The van der Waals surface area contributed by atoms with Crippen LogP contribution in [0.5, 0.6) is 17.2 Å². The molecule has 0 spiro atoms. The van der Waals surface area contributed by atoms with Crippen LogP contribution in [0, 0.1) is 0 Å². The van der Waals surface area contributed by atoms with Crippen molar-refractivity contribution in [1.82, 2.24) is 5.43 Å². The molecule has 9 heteroatoms. The van der Waals surface area contributed by atoms with Gasteiger partial charge in [0.05, 0.1) is 27.0 Å². The van der Waals surface area contributed by atoms with E-state index in [0.717, 1.165) is 22.6 Å². The molecule has 0 radical (unpaired) electrons. The topological polar surface area (TPSA) is 96.8 Å². The van der Waals surface area contributed by atoms with E-state index < -0.39 is 5.91 Å². The summed E-state index contributed by atoms with van der Waals surface area (Å²) in [5.41, 5.74) is 10.4. The van der Waals surface area contributed by atoms with Crippen LogP contribution in [0.3, 0.4) is 0 Å². The molecule has 1 amide bonds. The number of anilines is 2. The average Bonchev–Trinajstić information content (AvgIpc) is 3.26. The van der Waals surface area contributed by atoms with Crippen LogP contribution in [0.15, 0.2) is 70.9 Å². The van der Waals surface area contributed by atoms with Gasteiger partial charge in [0.25, 0.3) is 5.91 Å². The van der Waals surface area contributed by atoms with Gasteiger partial charge in [-0.1, -0.05) is 12.1 Å². The second-order valence-electron chi connectivity index (χ2n) is 7.90. The minimum atomic E-state index is -0.407. The van der Waals surface area contributed by atoms with E-state index in [1.807, 2.05) is 61.5 Å². The Bertz CT molecular complexity index is 1300. The lowest BCUT2D eigenvalue weighted by molar-refractivity contribution is -0.114. The summed E-state index contributed by atoms with van der Waals surface area (Å²) < 4.78 is 16.2. The number of hydrogen-bond acceptors (Lipinski definition) is 8. The van der Waals surface area contributed by atoms with Gasteiger partial charge >= 0.3 is 0 Å². The van der Waals surface area contributed by atoms with Gasteiger partial charge in [0.15, 0.2) is 17.2 Å². The van der Waals surface area contributed by atoms with Gasteiger partial charge in [-0.05, 0) is 54.1 Å². The summed E-state index contributed by atoms with van der Waals surface area (Å²) in [7, 11) is 8.74. The van der Waals surface area contributed by atoms with E-state index in [-0.39, 0.29) is 5.71 Å². The van der Waals surface area contributed by atoms with E-state index in [4.69, 9.17) is 14.2 Å². The molecule has 0 aromatic heterocycles. The first-order valence-corrected chi connectivity index (χ1v) is 10.9. The van der Waals surface area contributed by atoms with Crippen molar-refractivity contribution in [2.45, 2.75) is 0 Å². The predicted octanol–water partition coefficient (Wildman–Crippen LogP) is 3.75. The Morgan fingerprint density at radius 2 is 1.49 bits per heavy atom. The largest absolute Gasteiger partial charge is 0.496 e. The molecule has 0 saturated carbocycles. The molecule has 35 heavy (non-hydrogen) atoms. The minimum Gasteiger partial charge on any atom is -0.496 e. The van der Waals surface area contributed by atoms with Gasteiger partial charge in [0, 0.05) is 30.9 Å². The van der Waals surface area contributed by atoms with Gasteiger partial charge in [-0.3, -0.25) is 10.2 Å². The Labute approximate surface area is 204 Å². The number of amides is 1. The average molecular weight is 474 g/mol. The van der Waals surface area contributed by atoms with Crippen LogP contribution in [0.4, 0.5) is 11.4 Å². The maximum absolute atomic E-state index is 12.5. The first-order valence-electron chi connectivity index (χ1n) is 10.9. The maximum atomic E-state index is 12.5. The zero-order valence-corrected chi connectivity index (χ0v) is 20.2. The number of benzene rings is 3. The van der Waals surface area contributed by atoms with Crippen LogP contribution in [-0.2, 0) is 4.79 Å². The first-order chi connectivity index (χ1) is 16.9. The molecule has 0 atom stereocenters. The fourth-order valence-corrected chi connectivity index (χ4v) is 3.67. The lowest BCUT2D eigenvalue weighted by Gasteiger charge is -2.14. The summed E-state index contributed by atoms with van der Waals surface area (Å²) in [4.78, 5) is 14.5. The van der Waals surface area contributed by atoms with Crippen molar-refractivity contribution >= 4 is 28.7 Å². The third-order valence-corrected chi connectivity index (χ3v) is 5.56. The summed E-state index contributed by atoms with van der Waals surface area (Å²) in [5.74, 6) is 1.43. The molecule has 1 heterocycles. The summed E-state index contributed by atoms with van der Waals surface area (Å²) in [6, 6.07) is 19.1. The molecule has 180 valence electrons. The van der Waals surface area contributed by atoms with Crippen molar-refractivity contribution in [1.29, 1.82) is 0 Å². The normalized spacial score (nSPS) is 13.8. The summed E-state index contributed by atoms with van der Waals surface area (Å²) in [5, 5.41) is 8.51. The highest BCUT2D eigenvalue weighted by Crippen LogP contribution is 2.34. The van der Waals surface area contributed by atoms with Crippen molar-refractivity contribution in [3.8, 4) is 28.4 Å². The zero-order valence-electron chi connectivity index (χ0n) is 20.2. The van der Waals surface area contributed by atoms with Crippen LogP contribution in [-0.4, -0.2) is 52.8 Å². The molecule has 0 aliphatic carbocycles. The van der Waals surface area contributed by atoms with Gasteiger partial charge in [-0.15, -0.1) is 0 Å². The molecule has 3 aromatic rings. The lowest BCUT2D eigenvalue weighted by atomic mass is 10.0. The highest BCUT2D eigenvalue weighted by molar-refractivity contribution is 6.72. The highest BCUT2D eigenvalue weighted by Gasteiger charge is 2.27. The van der Waals surface area contributed by atoms with Crippen LogP contribution in [0.25, 0.3) is 11.1 Å². The first kappa shape index (κ1) is 23.6. The third kappa shape index (κ3) is 4.89. The predicted molar refractivity (Wildman–Crippen MR) is 138 cm³/mol. The molecule has 0 unspecified atom stereocenters. The molecule has 9 nitrogen and oxygen atoms in total. The number of carbonyl (C=O) groups excluding carboxylic acids is 1. The highest BCUT2D eigenvalue weighted by atomic mass is 16.5. The Morgan fingerprint density at radius 3 is 2.14 bits per heavy atom. The monoisotopic (exact) mass is 473 g/mol. The van der Waals surface area contributed by atoms with Crippen LogP contribution >= 0.6 is 0 Å². The maximum Gasteiger partial charge on any atom is 0.294 e. The Kier molecular flexibility index (Phi) is 6.86. The molecule has 0 fully saturated rings. The van der Waals surface area contributed by atoms with E-state index in [9.17, 15) is 4.79 Å². The number of hydrazone groups is 2. The number of nitrogens with zero attached hydrogens (tertiary/aromatic N) is 3. The minimum absolute atomic E-state index is 0.157. The number of rotatable bonds is 8. The van der Waals surface area contributed by atoms with Crippen LogP contribution in [0.2, 0.25) is 0 Å². The van der Waals surface area contributed by atoms with Gasteiger partial charge in [0.2, 0.25) is 0 Å². The van der Waals surface area contributed by atoms with Crippen molar-refractivity contribution in [2.24, 2.45) is 10.2 Å². The van der Waals surface area contributed by atoms with Gasteiger partial charge in [-0.25, -0.2) is 5.43 Å². The van der Waals surface area contributed by atoms with Gasteiger partial charge in [-0.2, -0.15) is 10.2 Å². The quantitative estimate of drug-likeness (QED) is 0.484. The van der Waals surface area contributed by atoms with E-state index in [1.54, 1.807) is 39.5 Å². The second-order valence-corrected chi connectivity index (χ2v) is 7.90. The number of hydrogen-bond donors (Lipinski definition) is 2. The van der Waals surface area contributed by atoms with Gasteiger partial charge in [0.1, 0.15) is 11.5 Å². The molecule has 0 bridgehead atoms. The molecular weight excluding hydrogens is 446 g/mol. The smallest absolute Gasteiger partial charge is 0.294 e. The standard InChI is InChI=1S/C26H27N5O4/c1-31(2)19-10-6-16(7-11-19)20-15-18(9-13-21(20)33-3)27-29-25-24(28-30-26(25)32)17-8-12-22(34-4)23(14-17)35-5/h6-15,27H,1-5H3,(H,29,30,32). The lowest BCUT2D eigenvalue weighted by Crippen LogP contribution is -2.25. The molecular formula is C26H27N5O4. The fraction of sp³-hybridized carbons (Fsp3) is 0.192. The van der Waals surface area contributed by atoms with Gasteiger partial charge < -0.3 is 19.1 Å². The molecule has 2 N–H and O–H groups in total. The molecule has 1 aliphatic rings. The van der Waals surface area contributed by atoms with Crippen molar-refractivity contribution in [3.05, 3.63) is 66.2 Å². The van der Waals surface area contributed by atoms with Crippen molar-refractivity contribution in [3.63, 3.8) is 0 Å². The molecule has 3 aromatic carbocycles. The SMILES string of the molecule is COc1ccc(C2=NNC(=O)/C2=N/Nc2ccc(OC)c(-c3ccc(N(C)C)cc3)c2)cc1OC. The summed E-state index contributed by atoms with van der Waals surface area (Å²) >= 11 is 0. The zero-order chi connectivity index (χ0) is 24.9. The Morgan fingerprint density at radius 1 is 0.829 bits per heavy atom. The second kappa shape index (κ2) is 10.2. The Hall–Kier alpha value is -4.53. The third-order valence-electron chi connectivity index (χ3n) is 5.56. The van der Waals surface area contributed by atoms with E-state index >= 15 is 0 Å². The number of carbonyl (C=O) groups is 1. The summed E-state index contributed by atoms with van der Waals surface area (Å²) in [6.45, 7) is 0. The molecule has 4 rings (SSSR count). The van der Waals surface area contributed by atoms with Crippen molar-refractivity contribution in [2.75, 3.05) is 45.8 Å². The number of methoxy groups -OCH3 is 3. The fourth-order valence-electron chi connectivity index (χ4n) is 3.67. The molecule has 0 saturated heterocycles. The van der Waals surface area contributed by atoms with E-state index in [0.29, 0.717) is 28.5 Å². The van der Waals surface area contributed by atoms with E-state index in [1.165, 1.54) is 0 Å². The number of nitrogens with one attached hydrogen (secondary N) is 2. The Balaban J connectivity index is 1.63. The van der Waals surface area contributed by atoms with Crippen LogP contribution in [0.1, 0.15) is 5.56 Å². The van der Waals surface area contributed by atoms with Crippen molar-refractivity contribution < 1.29 is 19.0 Å². The van der Waals surface area contributed by atoms with Crippen LogP contribution < -0.4 is 30.0 Å². The molecule has 1 aliphatic heterocycles.